The Bertz CT molecular complexity index is 547. The van der Waals surface area contributed by atoms with Gasteiger partial charge in [0.15, 0.2) is 5.78 Å². The number of nitrogens with zero attached hydrogens (tertiary/aromatic N) is 2. The number of allylic oxidation sites excluding steroid dienone is 1. The van der Waals surface area contributed by atoms with Gasteiger partial charge in [0.1, 0.15) is 0 Å². The van der Waals surface area contributed by atoms with Gasteiger partial charge in [0, 0.05) is 24.2 Å². The van der Waals surface area contributed by atoms with Crippen LogP contribution in [0.15, 0.2) is 48.9 Å². The summed E-state index contributed by atoms with van der Waals surface area (Å²) in [6, 6.07) is 7.22. The normalized spacial score (nSPS) is 10.6. The third-order valence-electron chi connectivity index (χ3n) is 2.41. The summed E-state index contributed by atoms with van der Waals surface area (Å²) in [5.41, 5.74) is 2.49. The Morgan fingerprint density at radius 1 is 1.18 bits per heavy atom. The first-order chi connectivity index (χ1) is 8.27. The summed E-state index contributed by atoms with van der Waals surface area (Å²) in [5, 5.41) is 0. The highest BCUT2D eigenvalue weighted by Crippen LogP contribution is 2.07. The van der Waals surface area contributed by atoms with E-state index in [0.29, 0.717) is 5.56 Å². The minimum absolute atomic E-state index is 0.0440. The van der Waals surface area contributed by atoms with Gasteiger partial charge in [0.2, 0.25) is 0 Å². The number of hydrogen-bond donors (Lipinski definition) is 0. The number of aromatic nitrogens is 2. The van der Waals surface area contributed by atoms with Crippen LogP contribution in [0.4, 0.5) is 0 Å². The maximum atomic E-state index is 11.8. The van der Waals surface area contributed by atoms with Crippen molar-refractivity contribution in [2.24, 2.45) is 0 Å². The molecule has 0 amide bonds. The Morgan fingerprint density at radius 2 is 1.94 bits per heavy atom. The molecule has 17 heavy (non-hydrogen) atoms. The van der Waals surface area contributed by atoms with Crippen LogP contribution < -0.4 is 0 Å². The van der Waals surface area contributed by atoms with Crippen LogP contribution in [0.25, 0.3) is 6.08 Å². The van der Waals surface area contributed by atoms with Gasteiger partial charge in [-0.2, -0.15) is 0 Å². The molecule has 0 radical (unpaired) electrons. The molecule has 0 aromatic carbocycles. The van der Waals surface area contributed by atoms with E-state index < -0.39 is 0 Å². The molecule has 0 fully saturated rings. The van der Waals surface area contributed by atoms with Crippen molar-refractivity contribution in [3.63, 3.8) is 0 Å². The van der Waals surface area contributed by atoms with Crippen molar-refractivity contribution in [3.05, 3.63) is 65.8 Å². The molecule has 0 unspecified atom stereocenters. The maximum absolute atomic E-state index is 11.8. The van der Waals surface area contributed by atoms with Gasteiger partial charge in [0.05, 0.1) is 5.69 Å². The lowest BCUT2D eigenvalue weighted by Gasteiger charge is -1.97. The van der Waals surface area contributed by atoms with Gasteiger partial charge in [0.25, 0.3) is 0 Å². The number of pyridine rings is 2. The quantitative estimate of drug-likeness (QED) is 0.594. The minimum atomic E-state index is -0.0440. The number of aryl methyl sites for hydroxylation is 1. The third kappa shape index (κ3) is 2.84. The van der Waals surface area contributed by atoms with Crippen LogP contribution in [-0.4, -0.2) is 15.8 Å². The first kappa shape index (κ1) is 11.2. The van der Waals surface area contributed by atoms with Crippen molar-refractivity contribution >= 4 is 11.9 Å². The van der Waals surface area contributed by atoms with Gasteiger partial charge in [-0.1, -0.05) is 6.07 Å². The molecule has 2 aromatic rings. The molecule has 0 aliphatic rings. The summed E-state index contributed by atoms with van der Waals surface area (Å²) in [7, 11) is 0. The van der Waals surface area contributed by atoms with Crippen LogP contribution in [0.2, 0.25) is 0 Å². The molecule has 0 bridgehead atoms. The smallest absolute Gasteiger partial charge is 0.186 e. The summed E-state index contributed by atoms with van der Waals surface area (Å²) in [6.45, 7) is 1.96. The largest absolute Gasteiger partial charge is 0.289 e. The molecule has 3 heteroatoms. The number of ketones is 1. The highest BCUT2D eigenvalue weighted by molar-refractivity contribution is 6.06. The second kappa shape index (κ2) is 5.16. The van der Waals surface area contributed by atoms with E-state index in [1.807, 2.05) is 19.1 Å². The molecule has 0 spiro atoms. The van der Waals surface area contributed by atoms with Crippen molar-refractivity contribution in [3.8, 4) is 0 Å². The van der Waals surface area contributed by atoms with Crippen LogP contribution in [0, 0.1) is 6.92 Å². The van der Waals surface area contributed by atoms with E-state index in [2.05, 4.69) is 9.97 Å². The van der Waals surface area contributed by atoms with Crippen molar-refractivity contribution in [2.45, 2.75) is 6.92 Å². The molecule has 3 nitrogen and oxygen atoms in total. The monoisotopic (exact) mass is 224 g/mol. The van der Waals surface area contributed by atoms with Crippen molar-refractivity contribution < 1.29 is 4.79 Å². The second-order valence-electron chi connectivity index (χ2n) is 3.64. The average Bonchev–Trinajstić information content (AvgIpc) is 2.38. The van der Waals surface area contributed by atoms with Crippen LogP contribution in [0.5, 0.6) is 0 Å². The molecule has 0 saturated heterocycles. The zero-order valence-corrected chi connectivity index (χ0v) is 9.50. The van der Waals surface area contributed by atoms with Gasteiger partial charge in [-0.25, -0.2) is 0 Å². The van der Waals surface area contributed by atoms with Crippen LogP contribution >= 0.6 is 0 Å². The van der Waals surface area contributed by atoms with Crippen LogP contribution in [0.3, 0.4) is 0 Å². The second-order valence-corrected chi connectivity index (χ2v) is 3.64. The fourth-order valence-electron chi connectivity index (χ4n) is 1.44. The Morgan fingerprint density at radius 3 is 2.65 bits per heavy atom. The van der Waals surface area contributed by atoms with E-state index in [1.54, 1.807) is 36.8 Å². The number of carbonyl (C=O) groups excluding carboxylic acids is 1. The van der Waals surface area contributed by atoms with Gasteiger partial charge in [-0.05, 0) is 42.8 Å². The summed E-state index contributed by atoms with van der Waals surface area (Å²) >= 11 is 0. The molecule has 0 atom stereocenters. The molecule has 2 heterocycles. The first-order valence-electron chi connectivity index (χ1n) is 5.31. The number of carbonyl (C=O) groups is 1. The summed E-state index contributed by atoms with van der Waals surface area (Å²) < 4.78 is 0. The SMILES string of the molecule is Cc1cccnc1/C=C/C(=O)c1ccncc1. The average molecular weight is 224 g/mol. The molecule has 0 N–H and O–H groups in total. The summed E-state index contributed by atoms with van der Waals surface area (Å²) in [6.07, 6.45) is 8.19. The minimum Gasteiger partial charge on any atom is -0.289 e. The fraction of sp³-hybridized carbons (Fsp3) is 0.0714. The van der Waals surface area contributed by atoms with E-state index in [-0.39, 0.29) is 5.78 Å². The van der Waals surface area contributed by atoms with Gasteiger partial charge < -0.3 is 0 Å². The first-order valence-corrected chi connectivity index (χ1v) is 5.31. The van der Waals surface area contributed by atoms with E-state index in [0.717, 1.165) is 11.3 Å². The zero-order chi connectivity index (χ0) is 12.1. The van der Waals surface area contributed by atoms with Gasteiger partial charge in [-0.15, -0.1) is 0 Å². The molecular weight excluding hydrogens is 212 g/mol. The topological polar surface area (TPSA) is 42.9 Å². The molecule has 0 aliphatic carbocycles. The predicted octanol–water partition coefficient (Wildman–Crippen LogP) is 2.68. The number of rotatable bonds is 3. The van der Waals surface area contributed by atoms with Crippen molar-refractivity contribution in [1.29, 1.82) is 0 Å². The molecule has 0 saturated carbocycles. The Balaban J connectivity index is 2.17. The lowest BCUT2D eigenvalue weighted by atomic mass is 10.1. The molecule has 84 valence electrons. The Kier molecular flexibility index (Phi) is 3.40. The van der Waals surface area contributed by atoms with Gasteiger partial charge >= 0.3 is 0 Å². The number of hydrogen-bond acceptors (Lipinski definition) is 3. The third-order valence-corrected chi connectivity index (χ3v) is 2.41. The molecule has 0 aliphatic heterocycles. The fourth-order valence-corrected chi connectivity index (χ4v) is 1.44. The maximum Gasteiger partial charge on any atom is 0.186 e. The van der Waals surface area contributed by atoms with Crippen LogP contribution in [0.1, 0.15) is 21.6 Å². The molecular formula is C14H12N2O. The Hall–Kier alpha value is -2.29. The standard InChI is InChI=1S/C14H12N2O/c1-11-3-2-8-16-13(11)4-5-14(17)12-6-9-15-10-7-12/h2-10H,1H3/b5-4+. The van der Waals surface area contributed by atoms with Crippen molar-refractivity contribution in [1.82, 2.24) is 9.97 Å². The summed E-state index contributed by atoms with van der Waals surface area (Å²) in [5.74, 6) is -0.0440. The van der Waals surface area contributed by atoms with Crippen LogP contribution in [-0.2, 0) is 0 Å². The zero-order valence-electron chi connectivity index (χ0n) is 9.50. The Labute approximate surface area is 99.9 Å². The van der Waals surface area contributed by atoms with Crippen molar-refractivity contribution in [2.75, 3.05) is 0 Å². The highest BCUT2D eigenvalue weighted by atomic mass is 16.1. The van der Waals surface area contributed by atoms with Gasteiger partial charge in [-0.3, -0.25) is 14.8 Å². The molecule has 2 rings (SSSR count). The lowest BCUT2D eigenvalue weighted by molar-refractivity contribution is 0.104. The lowest BCUT2D eigenvalue weighted by Crippen LogP contribution is -1.94. The predicted molar refractivity (Wildman–Crippen MR) is 66.6 cm³/mol. The molecule has 2 aromatic heterocycles. The highest BCUT2D eigenvalue weighted by Gasteiger charge is 2.00. The van der Waals surface area contributed by atoms with E-state index in [4.69, 9.17) is 0 Å². The van der Waals surface area contributed by atoms with E-state index >= 15 is 0 Å². The van der Waals surface area contributed by atoms with E-state index in [1.165, 1.54) is 6.08 Å². The summed E-state index contributed by atoms with van der Waals surface area (Å²) in [4.78, 5) is 19.9. The van der Waals surface area contributed by atoms with E-state index in [9.17, 15) is 4.79 Å².